The summed E-state index contributed by atoms with van der Waals surface area (Å²) in [4.78, 5) is 10.00. The number of halogens is 2. The van der Waals surface area contributed by atoms with Crippen molar-refractivity contribution in [3.63, 3.8) is 0 Å². The Kier molecular flexibility index (Phi) is 3.21. The average Bonchev–Trinajstić information content (AvgIpc) is 1.59. The molecule has 0 aliphatic carbocycles. The Morgan fingerprint density at radius 3 is 2.50 bits per heavy atom. The highest BCUT2D eigenvalue weighted by atomic mass is 19.3. The second kappa shape index (κ2) is 3.46. The van der Waals surface area contributed by atoms with Gasteiger partial charge in [0.25, 0.3) is 5.92 Å². The number of carbonyl (C=O) groups is 1. The van der Waals surface area contributed by atoms with Gasteiger partial charge in [-0.2, -0.15) is 0 Å². The van der Waals surface area contributed by atoms with E-state index >= 15 is 0 Å². The predicted octanol–water partition coefficient (Wildman–Crippen LogP) is -0.283. The average molecular weight is 152 g/mol. The molecule has 5 heteroatoms. The quantitative estimate of drug-likeness (QED) is 0.582. The number of hydrogen-bond acceptors (Lipinski definition) is 2. The minimum atomic E-state index is -2.78. The van der Waals surface area contributed by atoms with Crippen LogP contribution in [0.15, 0.2) is 0 Å². The van der Waals surface area contributed by atoms with Gasteiger partial charge < -0.3 is 11.1 Å². The molecule has 60 valence electrons. The van der Waals surface area contributed by atoms with E-state index in [0.29, 0.717) is 0 Å². The number of nitrogens with one attached hydrogen (secondary N) is 1. The molecular formula is C5H10F2N2O. The molecule has 10 heavy (non-hydrogen) atoms. The zero-order chi connectivity index (χ0) is 8.20. The van der Waals surface area contributed by atoms with Gasteiger partial charge in [-0.1, -0.05) is 0 Å². The summed E-state index contributed by atoms with van der Waals surface area (Å²) in [6.45, 7) is 0.0420. The summed E-state index contributed by atoms with van der Waals surface area (Å²) >= 11 is 0. The Bertz CT molecular complexity index is 121. The monoisotopic (exact) mass is 152 g/mol. The van der Waals surface area contributed by atoms with Gasteiger partial charge in [-0.05, 0) is 0 Å². The van der Waals surface area contributed by atoms with Crippen LogP contribution < -0.4 is 11.1 Å². The molecule has 3 nitrogen and oxygen atoms in total. The minimum absolute atomic E-state index is 0.205. The van der Waals surface area contributed by atoms with Crippen molar-refractivity contribution in [1.82, 2.24) is 5.32 Å². The summed E-state index contributed by atoms with van der Waals surface area (Å²) < 4.78 is 23.9. The van der Waals surface area contributed by atoms with Crippen molar-refractivity contribution in [1.29, 1.82) is 0 Å². The van der Waals surface area contributed by atoms with Crippen LogP contribution in [0.1, 0.15) is 6.92 Å². The maximum Gasteiger partial charge on any atom is 0.257 e. The number of primary amides is 1. The summed E-state index contributed by atoms with van der Waals surface area (Å²) in [5.41, 5.74) is 4.68. The van der Waals surface area contributed by atoms with E-state index in [-0.39, 0.29) is 6.54 Å². The highest BCUT2D eigenvalue weighted by Gasteiger charge is 2.19. The minimum Gasteiger partial charge on any atom is -0.369 e. The van der Waals surface area contributed by atoms with Crippen LogP contribution in [0.3, 0.4) is 0 Å². The van der Waals surface area contributed by atoms with E-state index in [4.69, 9.17) is 0 Å². The van der Waals surface area contributed by atoms with Gasteiger partial charge in [-0.25, -0.2) is 8.78 Å². The lowest BCUT2D eigenvalue weighted by Crippen LogP contribution is -2.36. The molecule has 0 heterocycles. The lowest BCUT2D eigenvalue weighted by molar-refractivity contribution is -0.117. The van der Waals surface area contributed by atoms with Crippen LogP contribution in [0, 0.1) is 0 Å². The third-order valence-corrected chi connectivity index (χ3v) is 0.735. The SMILES string of the molecule is CC(F)(F)CNCC(N)=O. The molecule has 0 aromatic heterocycles. The molecule has 0 aliphatic rings. The first-order valence-electron chi connectivity index (χ1n) is 2.78. The zero-order valence-corrected chi connectivity index (χ0v) is 5.66. The summed E-state index contributed by atoms with van der Waals surface area (Å²) in [7, 11) is 0. The second-order valence-corrected chi connectivity index (χ2v) is 2.14. The van der Waals surface area contributed by atoms with Crippen LogP contribution in [-0.4, -0.2) is 24.9 Å². The van der Waals surface area contributed by atoms with E-state index in [1.807, 2.05) is 0 Å². The lowest BCUT2D eigenvalue weighted by atomic mass is 10.4. The van der Waals surface area contributed by atoms with E-state index in [2.05, 4.69) is 11.1 Å². The standard InChI is InChI=1S/C5H10F2N2O/c1-5(6,7)3-9-2-4(8)10/h9H,2-3H2,1H3,(H2,8,10). The fourth-order valence-electron chi connectivity index (χ4n) is 0.405. The van der Waals surface area contributed by atoms with Gasteiger partial charge in [0, 0.05) is 6.92 Å². The molecule has 0 unspecified atom stereocenters. The van der Waals surface area contributed by atoms with E-state index in [9.17, 15) is 13.6 Å². The maximum absolute atomic E-state index is 12.0. The fourth-order valence-corrected chi connectivity index (χ4v) is 0.405. The third-order valence-electron chi connectivity index (χ3n) is 0.735. The molecule has 0 atom stereocenters. The zero-order valence-electron chi connectivity index (χ0n) is 5.66. The third kappa shape index (κ3) is 7.29. The van der Waals surface area contributed by atoms with Crippen molar-refractivity contribution < 1.29 is 13.6 Å². The molecule has 0 aromatic rings. The van der Waals surface area contributed by atoms with Crippen molar-refractivity contribution in [2.45, 2.75) is 12.8 Å². The Hall–Kier alpha value is -0.710. The van der Waals surface area contributed by atoms with Crippen molar-refractivity contribution >= 4 is 5.91 Å². The topological polar surface area (TPSA) is 55.1 Å². The van der Waals surface area contributed by atoms with E-state index in [1.165, 1.54) is 0 Å². The van der Waals surface area contributed by atoms with Crippen molar-refractivity contribution in [3.8, 4) is 0 Å². The van der Waals surface area contributed by atoms with Crippen LogP contribution in [0.4, 0.5) is 8.78 Å². The number of carbonyl (C=O) groups excluding carboxylic acids is 1. The lowest BCUT2D eigenvalue weighted by Gasteiger charge is -2.09. The Morgan fingerprint density at radius 2 is 2.20 bits per heavy atom. The largest absolute Gasteiger partial charge is 0.369 e. The number of nitrogens with two attached hydrogens (primary N) is 1. The number of alkyl halides is 2. The summed E-state index contributed by atoms with van der Waals surface area (Å²) in [5, 5.41) is 2.20. The molecule has 0 aliphatic heterocycles. The van der Waals surface area contributed by atoms with Gasteiger partial charge in [0.2, 0.25) is 5.91 Å². The van der Waals surface area contributed by atoms with Gasteiger partial charge in [-0.3, -0.25) is 4.79 Å². The van der Waals surface area contributed by atoms with E-state index in [0.717, 1.165) is 6.92 Å². The van der Waals surface area contributed by atoms with Gasteiger partial charge in [-0.15, -0.1) is 0 Å². The molecule has 0 aromatic carbocycles. The number of hydrogen-bond donors (Lipinski definition) is 2. The molecule has 0 fully saturated rings. The second-order valence-electron chi connectivity index (χ2n) is 2.14. The van der Waals surface area contributed by atoms with Crippen LogP contribution >= 0.6 is 0 Å². The van der Waals surface area contributed by atoms with Crippen LogP contribution in [0.5, 0.6) is 0 Å². The molecule has 0 saturated heterocycles. The Balaban J connectivity index is 3.29. The molecule has 0 rings (SSSR count). The van der Waals surface area contributed by atoms with Crippen molar-refractivity contribution in [3.05, 3.63) is 0 Å². The first-order chi connectivity index (χ1) is 4.42. The first kappa shape index (κ1) is 9.29. The number of amides is 1. The van der Waals surface area contributed by atoms with Gasteiger partial charge >= 0.3 is 0 Å². The van der Waals surface area contributed by atoms with E-state index in [1.54, 1.807) is 0 Å². The summed E-state index contributed by atoms with van der Waals surface area (Å²) in [5.74, 6) is -3.42. The van der Waals surface area contributed by atoms with Gasteiger partial charge in [0.05, 0.1) is 13.1 Å². The molecule has 1 amide bonds. The number of rotatable bonds is 4. The fraction of sp³-hybridized carbons (Fsp3) is 0.800. The highest BCUT2D eigenvalue weighted by Crippen LogP contribution is 2.08. The van der Waals surface area contributed by atoms with Crippen LogP contribution in [0.25, 0.3) is 0 Å². The summed E-state index contributed by atoms with van der Waals surface area (Å²) in [6, 6.07) is 0. The smallest absolute Gasteiger partial charge is 0.257 e. The van der Waals surface area contributed by atoms with Gasteiger partial charge in [0.1, 0.15) is 0 Å². The first-order valence-corrected chi connectivity index (χ1v) is 2.78. The Labute approximate surface area is 57.6 Å². The van der Waals surface area contributed by atoms with Gasteiger partial charge in [0.15, 0.2) is 0 Å². The summed E-state index contributed by atoms with van der Waals surface area (Å²) in [6.07, 6.45) is 0. The highest BCUT2D eigenvalue weighted by molar-refractivity contribution is 5.75. The van der Waals surface area contributed by atoms with Crippen molar-refractivity contribution in [2.24, 2.45) is 5.73 Å². The molecule has 0 bridgehead atoms. The van der Waals surface area contributed by atoms with Crippen LogP contribution in [0.2, 0.25) is 0 Å². The molecule has 3 N–H and O–H groups in total. The predicted molar refractivity (Wildman–Crippen MR) is 32.7 cm³/mol. The molecule has 0 spiro atoms. The maximum atomic E-state index is 12.0. The molecular weight excluding hydrogens is 142 g/mol. The molecule has 0 saturated carbocycles. The molecule has 0 radical (unpaired) electrons. The van der Waals surface area contributed by atoms with Crippen molar-refractivity contribution in [2.75, 3.05) is 13.1 Å². The Morgan fingerprint density at radius 1 is 1.70 bits per heavy atom. The normalized spacial score (nSPS) is 11.5. The van der Waals surface area contributed by atoms with Crippen LogP contribution in [-0.2, 0) is 4.79 Å². The van der Waals surface area contributed by atoms with E-state index < -0.39 is 18.4 Å².